The molecule has 1 aliphatic carbocycles. The molecule has 11 heteroatoms. The van der Waals surface area contributed by atoms with E-state index in [0.29, 0.717) is 23.7 Å². The van der Waals surface area contributed by atoms with Crippen molar-refractivity contribution >= 4 is 11.6 Å². The highest BCUT2D eigenvalue weighted by Crippen LogP contribution is 2.39. The number of fused-ring (bicyclic) bond motifs is 1. The zero-order valence-electron chi connectivity index (χ0n) is 19.5. The summed E-state index contributed by atoms with van der Waals surface area (Å²) >= 11 is 0. The number of amides is 1. The zero-order valence-corrected chi connectivity index (χ0v) is 19.5. The molecule has 0 atom stereocenters. The maximum atomic E-state index is 15.0. The third kappa shape index (κ3) is 4.19. The van der Waals surface area contributed by atoms with Crippen LogP contribution in [0.3, 0.4) is 0 Å². The lowest BCUT2D eigenvalue weighted by atomic mass is 10.1. The number of hydrogen-bond acceptors (Lipinski definition) is 6. The molecule has 0 unspecified atom stereocenters. The number of carbonyl (C=O) groups is 1. The van der Waals surface area contributed by atoms with Gasteiger partial charge in [-0.05, 0) is 59.0 Å². The van der Waals surface area contributed by atoms with Crippen molar-refractivity contribution in [3.8, 4) is 11.4 Å². The standard InChI is InChI=1S/C25H23FN8O2/c1-36-22-6-5-21(34-15-28-30-31-34)20(24(22)26)10-27-25(35)18-8-9-32(11-18)13-19-14-33-12-17(16-2-3-16)4-7-23(33)29-19/h4-9,11-12,14-16H,2-3,10,13H2,1H3,(H,27,35). The van der Waals surface area contributed by atoms with Crippen LogP contribution in [0.1, 0.15) is 45.9 Å². The van der Waals surface area contributed by atoms with E-state index < -0.39 is 5.82 Å². The summed E-state index contributed by atoms with van der Waals surface area (Å²) in [5.41, 5.74) is 4.23. The van der Waals surface area contributed by atoms with Crippen LogP contribution in [-0.2, 0) is 13.1 Å². The van der Waals surface area contributed by atoms with E-state index in [4.69, 9.17) is 4.74 Å². The minimum Gasteiger partial charge on any atom is -0.494 e. The molecule has 36 heavy (non-hydrogen) atoms. The van der Waals surface area contributed by atoms with Crippen molar-refractivity contribution in [3.05, 3.63) is 89.6 Å². The average Bonchev–Trinajstić information content (AvgIpc) is 3.24. The van der Waals surface area contributed by atoms with E-state index in [9.17, 15) is 4.79 Å². The van der Waals surface area contributed by atoms with Gasteiger partial charge in [-0.25, -0.2) is 14.1 Å². The summed E-state index contributed by atoms with van der Waals surface area (Å²) in [7, 11) is 1.38. The van der Waals surface area contributed by atoms with Crippen LogP contribution in [0, 0.1) is 5.82 Å². The molecule has 0 spiro atoms. The predicted molar refractivity (Wildman–Crippen MR) is 128 cm³/mol. The first-order chi connectivity index (χ1) is 17.6. The normalized spacial score (nSPS) is 13.3. The van der Waals surface area contributed by atoms with Gasteiger partial charge in [-0.3, -0.25) is 4.79 Å². The van der Waals surface area contributed by atoms with E-state index in [1.165, 1.54) is 42.6 Å². The summed E-state index contributed by atoms with van der Waals surface area (Å²) in [5.74, 6) is -0.165. The molecule has 4 aromatic heterocycles. The Balaban J connectivity index is 1.16. The molecule has 1 amide bonds. The van der Waals surface area contributed by atoms with Gasteiger partial charge in [0, 0.05) is 36.9 Å². The first-order valence-electron chi connectivity index (χ1n) is 11.6. The van der Waals surface area contributed by atoms with E-state index in [0.717, 1.165) is 11.3 Å². The van der Waals surface area contributed by atoms with Gasteiger partial charge >= 0.3 is 0 Å². The molecule has 0 saturated heterocycles. The van der Waals surface area contributed by atoms with Crippen molar-refractivity contribution in [2.75, 3.05) is 7.11 Å². The number of rotatable bonds is 8. The fraction of sp³-hybridized carbons (Fsp3) is 0.240. The molecular weight excluding hydrogens is 463 g/mol. The molecule has 1 N–H and O–H groups in total. The molecule has 1 fully saturated rings. The molecule has 1 saturated carbocycles. The van der Waals surface area contributed by atoms with Gasteiger partial charge in [0.2, 0.25) is 0 Å². The summed E-state index contributed by atoms with van der Waals surface area (Å²) in [4.78, 5) is 17.5. The number of aromatic nitrogens is 7. The number of nitrogens with zero attached hydrogens (tertiary/aromatic N) is 7. The van der Waals surface area contributed by atoms with Crippen LogP contribution in [0.15, 0.2) is 61.4 Å². The Bertz CT molecular complexity index is 1550. The second kappa shape index (κ2) is 8.91. The fourth-order valence-corrected chi connectivity index (χ4v) is 4.33. The van der Waals surface area contributed by atoms with Gasteiger partial charge in [0.05, 0.1) is 30.6 Å². The molecule has 6 rings (SSSR count). The molecule has 5 aromatic rings. The molecule has 0 bridgehead atoms. The Labute approximate surface area is 205 Å². The lowest BCUT2D eigenvalue weighted by Gasteiger charge is -2.13. The monoisotopic (exact) mass is 486 g/mol. The van der Waals surface area contributed by atoms with Gasteiger partial charge in [0.15, 0.2) is 11.6 Å². The molecule has 10 nitrogen and oxygen atoms in total. The van der Waals surface area contributed by atoms with Crippen LogP contribution in [0.2, 0.25) is 0 Å². The molecule has 4 heterocycles. The van der Waals surface area contributed by atoms with Crippen LogP contribution in [0.25, 0.3) is 11.3 Å². The van der Waals surface area contributed by atoms with Crippen molar-refractivity contribution in [2.24, 2.45) is 0 Å². The summed E-state index contributed by atoms with van der Waals surface area (Å²) in [6.45, 7) is 0.458. The summed E-state index contributed by atoms with van der Waals surface area (Å²) in [6.07, 6.45) is 11.6. The van der Waals surface area contributed by atoms with Crippen molar-refractivity contribution in [1.29, 1.82) is 0 Å². The van der Waals surface area contributed by atoms with Gasteiger partial charge in [-0.1, -0.05) is 6.07 Å². The van der Waals surface area contributed by atoms with Gasteiger partial charge in [-0.2, -0.15) is 0 Å². The minimum atomic E-state index is -0.583. The molecular formula is C25H23FN8O2. The number of hydrogen-bond donors (Lipinski definition) is 1. The Morgan fingerprint density at radius 2 is 2.06 bits per heavy atom. The van der Waals surface area contributed by atoms with E-state index >= 15 is 4.39 Å². The van der Waals surface area contributed by atoms with E-state index in [1.807, 2.05) is 23.0 Å². The van der Waals surface area contributed by atoms with Crippen molar-refractivity contribution in [3.63, 3.8) is 0 Å². The highest BCUT2D eigenvalue weighted by atomic mass is 19.1. The maximum absolute atomic E-state index is 15.0. The second-order valence-corrected chi connectivity index (χ2v) is 8.82. The molecule has 182 valence electrons. The topological polar surface area (TPSA) is 104 Å². The second-order valence-electron chi connectivity index (χ2n) is 8.82. The lowest BCUT2D eigenvalue weighted by molar-refractivity contribution is 0.0950. The van der Waals surface area contributed by atoms with E-state index in [1.54, 1.807) is 18.3 Å². The third-order valence-corrected chi connectivity index (χ3v) is 6.35. The van der Waals surface area contributed by atoms with Crippen LogP contribution in [-0.4, -0.2) is 47.2 Å². The largest absolute Gasteiger partial charge is 0.494 e. The first kappa shape index (κ1) is 22.0. The average molecular weight is 487 g/mol. The van der Waals surface area contributed by atoms with Crippen molar-refractivity contribution in [1.82, 2.24) is 39.5 Å². The third-order valence-electron chi connectivity index (χ3n) is 6.35. The number of halogens is 1. The summed E-state index contributed by atoms with van der Waals surface area (Å²) < 4.78 is 25.4. The lowest BCUT2D eigenvalue weighted by Crippen LogP contribution is -2.24. The Morgan fingerprint density at radius 1 is 1.17 bits per heavy atom. The number of pyridine rings is 1. The van der Waals surface area contributed by atoms with Crippen molar-refractivity contribution in [2.45, 2.75) is 31.8 Å². The minimum absolute atomic E-state index is 0.0685. The van der Waals surface area contributed by atoms with Gasteiger partial charge in [-0.15, -0.1) is 5.10 Å². The number of methoxy groups -OCH3 is 1. The number of ether oxygens (including phenoxy) is 1. The van der Waals surface area contributed by atoms with Crippen molar-refractivity contribution < 1.29 is 13.9 Å². The van der Waals surface area contributed by atoms with Gasteiger partial charge in [0.1, 0.15) is 12.0 Å². The highest BCUT2D eigenvalue weighted by Gasteiger charge is 2.24. The van der Waals surface area contributed by atoms with E-state index in [-0.39, 0.29) is 23.8 Å². The fourth-order valence-electron chi connectivity index (χ4n) is 4.33. The molecule has 0 aliphatic heterocycles. The number of imidazole rings is 1. The summed E-state index contributed by atoms with van der Waals surface area (Å²) in [6, 6.07) is 9.05. The van der Waals surface area contributed by atoms with Crippen LogP contribution >= 0.6 is 0 Å². The summed E-state index contributed by atoms with van der Waals surface area (Å²) in [5, 5.41) is 13.8. The van der Waals surface area contributed by atoms with Crippen LogP contribution in [0.4, 0.5) is 4.39 Å². The quantitative estimate of drug-likeness (QED) is 0.361. The number of carbonyl (C=O) groups excluding carboxylic acids is 1. The molecule has 0 radical (unpaired) electrons. The highest BCUT2D eigenvalue weighted by molar-refractivity contribution is 5.94. The van der Waals surface area contributed by atoms with Crippen LogP contribution in [0.5, 0.6) is 5.75 Å². The molecule has 1 aromatic carbocycles. The van der Waals surface area contributed by atoms with Gasteiger partial charge in [0.25, 0.3) is 5.91 Å². The van der Waals surface area contributed by atoms with E-state index in [2.05, 4.69) is 42.5 Å². The SMILES string of the molecule is COc1ccc(-n2cnnn2)c(CNC(=O)c2ccn(Cc3cn4cc(C5CC5)ccc4n3)c2)c1F. The number of nitrogens with one attached hydrogen (secondary N) is 1. The van der Waals surface area contributed by atoms with Crippen LogP contribution < -0.4 is 10.1 Å². The zero-order chi connectivity index (χ0) is 24.6. The first-order valence-corrected chi connectivity index (χ1v) is 11.6. The maximum Gasteiger partial charge on any atom is 0.253 e. The Hall–Kier alpha value is -4.54. The number of tetrazole rings is 1. The van der Waals surface area contributed by atoms with Gasteiger partial charge < -0.3 is 19.0 Å². The molecule has 1 aliphatic rings. The Kier molecular flexibility index (Phi) is 5.44. The predicted octanol–water partition coefficient (Wildman–Crippen LogP) is 3.11. The Morgan fingerprint density at radius 3 is 2.83 bits per heavy atom. The smallest absolute Gasteiger partial charge is 0.253 e. The number of benzene rings is 1.